The number of halogens is 2. The zero-order chi connectivity index (χ0) is 11.3. The molecule has 1 atom stereocenters. The molecule has 1 aromatic rings. The molecule has 1 rings (SSSR count). The topological polar surface area (TPSA) is 26.0 Å². The standard InChI is InChI=1S/C12H17F2N/c1-2-3-4-8-11(15)12-9(13)6-5-7-10(12)14/h5-7,11H,2-4,8,15H2,1H3. The van der Waals surface area contributed by atoms with Gasteiger partial charge in [0.15, 0.2) is 0 Å². The smallest absolute Gasteiger partial charge is 0.130 e. The molecule has 0 heterocycles. The van der Waals surface area contributed by atoms with E-state index in [4.69, 9.17) is 5.73 Å². The molecule has 0 spiro atoms. The zero-order valence-corrected chi connectivity index (χ0v) is 8.97. The highest BCUT2D eigenvalue weighted by molar-refractivity contribution is 5.22. The van der Waals surface area contributed by atoms with Crippen molar-refractivity contribution >= 4 is 0 Å². The van der Waals surface area contributed by atoms with Crippen molar-refractivity contribution in [3.05, 3.63) is 35.4 Å². The lowest BCUT2D eigenvalue weighted by atomic mass is 10.0. The lowest BCUT2D eigenvalue weighted by Crippen LogP contribution is -2.14. The van der Waals surface area contributed by atoms with Gasteiger partial charge < -0.3 is 5.73 Å². The molecule has 0 radical (unpaired) electrons. The van der Waals surface area contributed by atoms with Gasteiger partial charge in [0.2, 0.25) is 0 Å². The van der Waals surface area contributed by atoms with Crippen LogP contribution in [0.5, 0.6) is 0 Å². The van der Waals surface area contributed by atoms with E-state index in [-0.39, 0.29) is 5.56 Å². The Labute approximate surface area is 89.3 Å². The SMILES string of the molecule is CCCCCC(N)c1c(F)cccc1F. The molecule has 0 aliphatic carbocycles. The van der Waals surface area contributed by atoms with E-state index in [2.05, 4.69) is 6.92 Å². The third-order valence-electron chi connectivity index (χ3n) is 2.49. The van der Waals surface area contributed by atoms with Crippen molar-refractivity contribution in [1.82, 2.24) is 0 Å². The second-order valence-electron chi connectivity index (χ2n) is 3.74. The molecule has 0 fully saturated rings. The summed E-state index contributed by atoms with van der Waals surface area (Å²) in [6, 6.07) is 3.32. The van der Waals surface area contributed by atoms with Crippen LogP contribution in [0, 0.1) is 11.6 Å². The fourth-order valence-electron chi connectivity index (χ4n) is 1.62. The van der Waals surface area contributed by atoms with Gasteiger partial charge in [-0.3, -0.25) is 0 Å². The predicted molar refractivity (Wildman–Crippen MR) is 57.4 cm³/mol. The molecule has 0 aromatic heterocycles. The van der Waals surface area contributed by atoms with Crippen molar-refractivity contribution in [1.29, 1.82) is 0 Å². The van der Waals surface area contributed by atoms with Gasteiger partial charge in [-0.2, -0.15) is 0 Å². The van der Waals surface area contributed by atoms with Crippen LogP contribution in [0.3, 0.4) is 0 Å². The van der Waals surface area contributed by atoms with Crippen LogP contribution in [0.2, 0.25) is 0 Å². The molecule has 1 unspecified atom stereocenters. The predicted octanol–water partition coefficient (Wildman–Crippen LogP) is 3.54. The van der Waals surface area contributed by atoms with Crippen LogP contribution in [0.1, 0.15) is 44.2 Å². The highest BCUT2D eigenvalue weighted by atomic mass is 19.1. The summed E-state index contributed by atoms with van der Waals surface area (Å²) in [7, 11) is 0. The van der Waals surface area contributed by atoms with Crippen LogP contribution in [0.25, 0.3) is 0 Å². The normalized spacial score (nSPS) is 12.8. The number of benzene rings is 1. The number of hydrogen-bond acceptors (Lipinski definition) is 1. The second kappa shape index (κ2) is 5.81. The maximum absolute atomic E-state index is 13.3. The molecule has 0 amide bonds. The summed E-state index contributed by atoms with van der Waals surface area (Å²) in [6.45, 7) is 2.08. The van der Waals surface area contributed by atoms with Crippen LogP contribution < -0.4 is 5.73 Å². The molecule has 0 saturated carbocycles. The Kier molecular flexibility index (Phi) is 4.69. The molecule has 3 heteroatoms. The van der Waals surface area contributed by atoms with E-state index >= 15 is 0 Å². The number of unbranched alkanes of at least 4 members (excludes halogenated alkanes) is 2. The van der Waals surface area contributed by atoms with E-state index in [0.717, 1.165) is 19.3 Å². The molecule has 2 N–H and O–H groups in total. The third-order valence-corrected chi connectivity index (χ3v) is 2.49. The maximum Gasteiger partial charge on any atom is 0.130 e. The first kappa shape index (κ1) is 12.1. The summed E-state index contributed by atoms with van der Waals surface area (Å²) in [5, 5.41) is 0. The second-order valence-corrected chi connectivity index (χ2v) is 3.74. The van der Waals surface area contributed by atoms with Crippen molar-refractivity contribution in [2.24, 2.45) is 5.73 Å². The largest absolute Gasteiger partial charge is 0.324 e. The van der Waals surface area contributed by atoms with Gasteiger partial charge in [0.1, 0.15) is 11.6 Å². The van der Waals surface area contributed by atoms with Crippen LogP contribution in [0.4, 0.5) is 8.78 Å². The fourth-order valence-corrected chi connectivity index (χ4v) is 1.62. The van der Waals surface area contributed by atoms with Crippen molar-refractivity contribution in [2.45, 2.75) is 38.6 Å². The number of nitrogens with two attached hydrogens (primary N) is 1. The minimum atomic E-state index is -0.543. The Hall–Kier alpha value is -0.960. The maximum atomic E-state index is 13.3. The van der Waals surface area contributed by atoms with Gasteiger partial charge in [-0.15, -0.1) is 0 Å². The zero-order valence-electron chi connectivity index (χ0n) is 8.97. The van der Waals surface area contributed by atoms with E-state index in [1.54, 1.807) is 0 Å². The first-order chi connectivity index (χ1) is 7.16. The van der Waals surface area contributed by atoms with E-state index < -0.39 is 17.7 Å². The van der Waals surface area contributed by atoms with Crippen molar-refractivity contribution in [3.63, 3.8) is 0 Å². The average molecular weight is 213 g/mol. The number of rotatable bonds is 5. The molecule has 84 valence electrons. The van der Waals surface area contributed by atoms with E-state index in [0.29, 0.717) is 6.42 Å². The number of hydrogen-bond donors (Lipinski definition) is 1. The fraction of sp³-hybridized carbons (Fsp3) is 0.500. The van der Waals surface area contributed by atoms with Gasteiger partial charge in [-0.05, 0) is 18.6 Å². The van der Waals surface area contributed by atoms with Crippen LogP contribution in [-0.2, 0) is 0 Å². The van der Waals surface area contributed by atoms with E-state index in [9.17, 15) is 8.78 Å². The summed E-state index contributed by atoms with van der Waals surface area (Å²) < 4.78 is 26.6. The Morgan fingerprint density at radius 2 is 1.80 bits per heavy atom. The lowest BCUT2D eigenvalue weighted by Gasteiger charge is -2.13. The first-order valence-electron chi connectivity index (χ1n) is 5.36. The summed E-state index contributed by atoms with van der Waals surface area (Å²) in [6.07, 6.45) is 3.66. The van der Waals surface area contributed by atoms with Gasteiger partial charge in [-0.25, -0.2) is 8.78 Å². The first-order valence-corrected chi connectivity index (χ1v) is 5.36. The minimum Gasteiger partial charge on any atom is -0.324 e. The van der Waals surface area contributed by atoms with Crippen LogP contribution in [0.15, 0.2) is 18.2 Å². The lowest BCUT2D eigenvalue weighted by molar-refractivity contribution is 0.498. The van der Waals surface area contributed by atoms with Gasteiger partial charge >= 0.3 is 0 Å². The van der Waals surface area contributed by atoms with Gasteiger partial charge in [-0.1, -0.05) is 32.3 Å². The third kappa shape index (κ3) is 3.27. The Balaban J connectivity index is 2.68. The minimum absolute atomic E-state index is 0.0219. The summed E-state index contributed by atoms with van der Waals surface area (Å²) in [5.41, 5.74) is 5.78. The quantitative estimate of drug-likeness (QED) is 0.744. The molecular formula is C12H17F2N. The van der Waals surface area contributed by atoms with Gasteiger partial charge in [0, 0.05) is 11.6 Å². The van der Waals surface area contributed by atoms with Crippen LogP contribution in [-0.4, -0.2) is 0 Å². The molecule has 0 aliphatic heterocycles. The Bertz CT molecular complexity index is 292. The molecule has 0 saturated heterocycles. The molecule has 0 bridgehead atoms. The van der Waals surface area contributed by atoms with Gasteiger partial charge in [0.05, 0.1) is 0 Å². The van der Waals surface area contributed by atoms with Crippen molar-refractivity contribution < 1.29 is 8.78 Å². The molecule has 1 nitrogen and oxygen atoms in total. The van der Waals surface area contributed by atoms with Crippen molar-refractivity contribution in [2.75, 3.05) is 0 Å². The van der Waals surface area contributed by atoms with Crippen molar-refractivity contribution in [3.8, 4) is 0 Å². The highest BCUT2D eigenvalue weighted by Crippen LogP contribution is 2.22. The van der Waals surface area contributed by atoms with E-state index in [1.807, 2.05) is 0 Å². The molecule has 0 aliphatic rings. The molecule has 15 heavy (non-hydrogen) atoms. The average Bonchev–Trinajstić information content (AvgIpc) is 2.18. The Morgan fingerprint density at radius 1 is 1.20 bits per heavy atom. The summed E-state index contributed by atoms with van der Waals surface area (Å²) >= 11 is 0. The molecular weight excluding hydrogens is 196 g/mol. The summed E-state index contributed by atoms with van der Waals surface area (Å²) in [4.78, 5) is 0. The highest BCUT2D eigenvalue weighted by Gasteiger charge is 2.15. The van der Waals surface area contributed by atoms with E-state index in [1.165, 1.54) is 18.2 Å². The Morgan fingerprint density at radius 3 is 2.33 bits per heavy atom. The van der Waals surface area contributed by atoms with Gasteiger partial charge in [0.25, 0.3) is 0 Å². The molecule has 1 aromatic carbocycles. The van der Waals surface area contributed by atoms with Crippen LogP contribution >= 0.6 is 0 Å². The summed E-state index contributed by atoms with van der Waals surface area (Å²) in [5.74, 6) is -1.09. The monoisotopic (exact) mass is 213 g/mol.